The van der Waals surface area contributed by atoms with E-state index < -0.39 is 0 Å². The van der Waals surface area contributed by atoms with Crippen LogP contribution in [0.2, 0.25) is 10.0 Å². The molecule has 0 spiro atoms. The van der Waals surface area contributed by atoms with E-state index in [9.17, 15) is 4.79 Å². The van der Waals surface area contributed by atoms with Crippen molar-refractivity contribution in [2.24, 2.45) is 0 Å². The molecule has 0 aliphatic carbocycles. The number of hydrogen-bond donors (Lipinski definition) is 2. The Morgan fingerprint density at radius 1 is 1.00 bits per heavy atom. The summed E-state index contributed by atoms with van der Waals surface area (Å²) in [7, 11) is 0. The Hall–Kier alpha value is -1.71. The third-order valence-corrected chi connectivity index (χ3v) is 3.45. The Morgan fingerprint density at radius 2 is 1.65 bits per heavy atom. The summed E-state index contributed by atoms with van der Waals surface area (Å²) in [5.41, 5.74) is 2.70. The number of halogens is 2. The van der Waals surface area contributed by atoms with Crippen LogP contribution < -0.4 is 10.6 Å². The smallest absolute Gasteiger partial charge is 0.243 e. The molecule has 1 amide bonds. The Balaban J connectivity index is 1.89. The Kier molecular flexibility index (Phi) is 4.88. The molecular weight excluding hydrogens is 295 g/mol. The molecule has 2 aromatic rings. The van der Waals surface area contributed by atoms with E-state index in [-0.39, 0.29) is 12.5 Å². The molecule has 0 bridgehead atoms. The maximum Gasteiger partial charge on any atom is 0.243 e. The molecule has 0 saturated heterocycles. The first-order valence-corrected chi connectivity index (χ1v) is 6.85. The van der Waals surface area contributed by atoms with Gasteiger partial charge in [-0.2, -0.15) is 0 Å². The van der Waals surface area contributed by atoms with E-state index in [1.165, 1.54) is 5.56 Å². The number of anilines is 2. The van der Waals surface area contributed by atoms with Crippen molar-refractivity contribution < 1.29 is 4.79 Å². The van der Waals surface area contributed by atoms with Crippen LogP contribution in [0.1, 0.15) is 5.56 Å². The summed E-state index contributed by atoms with van der Waals surface area (Å²) >= 11 is 11.7. The van der Waals surface area contributed by atoms with E-state index in [2.05, 4.69) is 10.6 Å². The Morgan fingerprint density at radius 3 is 2.30 bits per heavy atom. The lowest BCUT2D eigenvalue weighted by Crippen LogP contribution is -2.21. The first kappa shape index (κ1) is 14.7. The molecule has 2 aromatic carbocycles. The predicted octanol–water partition coefficient (Wildman–Crippen LogP) is 4.35. The van der Waals surface area contributed by atoms with Crippen molar-refractivity contribution in [2.75, 3.05) is 17.2 Å². The summed E-state index contributed by atoms with van der Waals surface area (Å²) in [6, 6.07) is 12.8. The molecule has 0 aliphatic heterocycles. The number of carbonyl (C=O) groups excluding carboxylic acids is 1. The van der Waals surface area contributed by atoms with Gasteiger partial charge in [-0.25, -0.2) is 0 Å². The summed E-state index contributed by atoms with van der Waals surface area (Å²) < 4.78 is 0. The van der Waals surface area contributed by atoms with Crippen LogP contribution in [0.15, 0.2) is 42.5 Å². The lowest BCUT2D eigenvalue weighted by molar-refractivity contribution is -0.114. The number of amides is 1. The highest BCUT2D eigenvalue weighted by molar-refractivity contribution is 6.42. The molecule has 3 nitrogen and oxygen atoms in total. The first-order valence-electron chi connectivity index (χ1n) is 6.10. The number of nitrogens with one attached hydrogen (secondary N) is 2. The molecule has 20 heavy (non-hydrogen) atoms. The maximum absolute atomic E-state index is 11.8. The van der Waals surface area contributed by atoms with Gasteiger partial charge in [-0.1, -0.05) is 40.9 Å². The van der Waals surface area contributed by atoms with Crippen LogP contribution in [-0.4, -0.2) is 12.5 Å². The highest BCUT2D eigenvalue weighted by Gasteiger charge is 2.04. The molecule has 0 unspecified atom stereocenters. The minimum Gasteiger partial charge on any atom is -0.376 e. The molecule has 2 N–H and O–H groups in total. The van der Waals surface area contributed by atoms with Gasteiger partial charge in [0.05, 0.1) is 16.6 Å². The van der Waals surface area contributed by atoms with Gasteiger partial charge in [-0.05, 0) is 37.3 Å². The second-order valence-corrected chi connectivity index (χ2v) is 5.21. The highest BCUT2D eigenvalue weighted by Crippen LogP contribution is 2.24. The molecule has 0 atom stereocenters. The van der Waals surface area contributed by atoms with Crippen LogP contribution in [-0.2, 0) is 4.79 Å². The maximum atomic E-state index is 11.8. The number of hydrogen-bond acceptors (Lipinski definition) is 2. The number of rotatable bonds is 4. The van der Waals surface area contributed by atoms with Crippen molar-refractivity contribution in [3.63, 3.8) is 0 Å². The monoisotopic (exact) mass is 308 g/mol. The van der Waals surface area contributed by atoms with Crippen molar-refractivity contribution in [3.8, 4) is 0 Å². The van der Waals surface area contributed by atoms with Crippen molar-refractivity contribution in [1.82, 2.24) is 0 Å². The zero-order valence-corrected chi connectivity index (χ0v) is 12.4. The van der Waals surface area contributed by atoms with Gasteiger partial charge in [0.15, 0.2) is 0 Å². The van der Waals surface area contributed by atoms with E-state index >= 15 is 0 Å². The van der Waals surface area contributed by atoms with Gasteiger partial charge in [-0.15, -0.1) is 0 Å². The lowest BCUT2D eigenvalue weighted by atomic mass is 10.2. The van der Waals surface area contributed by atoms with E-state index in [0.29, 0.717) is 15.7 Å². The SMILES string of the molecule is Cc1ccc(NCC(=O)Nc2ccc(Cl)c(Cl)c2)cc1. The molecule has 2 rings (SSSR count). The fraction of sp³-hybridized carbons (Fsp3) is 0.133. The van der Waals surface area contributed by atoms with E-state index in [1.54, 1.807) is 18.2 Å². The molecule has 0 heterocycles. The van der Waals surface area contributed by atoms with Crippen molar-refractivity contribution in [2.45, 2.75) is 6.92 Å². The van der Waals surface area contributed by atoms with Gasteiger partial charge in [0.1, 0.15) is 0 Å². The van der Waals surface area contributed by atoms with Crippen LogP contribution in [0.5, 0.6) is 0 Å². The predicted molar refractivity (Wildman–Crippen MR) is 84.8 cm³/mol. The van der Waals surface area contributed by atoms with Gasteiger partial charge in [0.2, 0.25) is 5.91 Å². The molecule has 0 aromatic heterocycles. The minimum atomic E-state index is -0.149. The normalized spacial score (nSPS) is 10.2. The standard InChI is InChI=1S/C15H14Cl2N2O/c1-10-2-4-11(5-3-10)18-9-15(20)19-12-6-7-13(16)14(17)8-12/h2-8,18H,9H2,1H3,(H,19,20). The molecular formula is C15H14Cl2N2O. The van der Waals surface area contributed by atoms with E-state index in [4.69, 9.17) is 23.2 Å². The molecule has 0 radical (unpaired) electrons. The average Bonchev–Trinajstić information content (AvgIpc) is 2.42. The topological polar surface area (TPSA) is 41.1 Å². The van der Waals surface area contributed by atoms with Crippen LogP contribution in [0, 0.1) is 6.92 Å². The third-order valence-electron chi connectivity index (χ3n) is 2.71. The van der Waals surface area contributed by atoms with Crippen LogP contribution in [0.25, 0.3) is 0 Å². The molecule has 0 saturated carbocycles. The quantitative estimate of drug-likeness (QED) is 0.881. The first-order chi connectivity index (χ1) is 9.54. The van der Waals surface area contributed by atoms with Gasteiger partial charge >= 0.3 is 0 Å². The Labute approximate surface area is 127 Å². The van der Waals surface area contributed by atoms with Gasteiger partial charge < -0.3 is 10.6 Å². The average molecular weight is 309 g/mol. The van der Waals surface area contributed by atoms with E-state index in [1.807, 2.05) is 31.2 Å². The third kappa shape index (κ3) is 4.15. The van der Waals surface area contributed by atoms with Crippen LogP contribution in [0.3, 0.4) is 0 Å². The molecule has 0 fully saturated rings. The number of aryl methyl sites for hydroxylation is 1. The highest BCUT2D eigenvalue weighted by atomic mass is 35.5. The van der Waals surface area contributed by atoms with E-state index in [0.717, 1.165) is 5.69 Å². The van der Waals surface area contributed by atoms with Crippen LogP contribution in [0.4, 0.5) is 11.4 Å². The molecule has 0 aliphatic rings. The van der Waals surface area contributed by atoms with Gasteiger partial charge in [0.25, 0.3) is 0 Å². The summed E-state index contributed by atoms with van der Waals surface area (Å²) in [6.45, 7) is 2.20. The Bertz CT molecular complexity index is 612. The number of carbonyl (C=O) groups is 1. The van der Waals surface area contributed by atoms with Crippen molar-refractivity contribution >= 4 is 40.5 Å². The minimum absolute atomic E-state index is 0.149. The molecule has 5 heteroatoms. The summed E-state index contributed by atoms with van der Waals surface area (Å²) in [6.07, 6.45) is 0. The largest absolute Gasteiger partial charge is 0.376 e. The van der Waals surface area contributed by atoms with Crippen LogP contribution >= 0.6 is 23.2 Å². The second kappa shape index (κ2) is 6.64. The zero-order valence-electron chi connectivity index (χ0n) is 10.9. The van der Waals surface area contributed by atoms with Gasteiger partial charge in [-0.3, -0.25) is 4.79 Å². The van der Waals surface area contributed by atoms with Crippen molar-refractivity contribution in [1.29, 1.82) is 0 Å². The fourth-order valence-electron chi connectivity index (χ4n) is 1.63. The van der Waals surface area contributed by atoms with Crippen molar-refractivity contribution in [3.05, 3.63) is 58.1 Å². The summed E-state index contributed by atoms with van der Waals surface area (Å²) in [5, 5.41) is 6.67. The molecule has 104 valence electrons. The number of benzene rings is 2. The second-order valence-electron chi connectivity index (χ2n) is 4.40. The zero-order chi connectivity index (χ0) is 14.5. The summed E-state index contributed by atoms with van der Waals surface area (Å²) in [4.78, 5) is 11.8. The lowest BCUT2D eigenvalue weighted by Gasteiger charge is -2.08. The fourth-order valence-corrected chi connectivity index (χ4v) is 1.93. The van der Waals surface area contributed by atoms with Gasteiger partial charge in [0, 0.05) is 11.4 Å². The summed E-state index contributed by atoms with van der Waals surface area (Å²) in [5.74, 6) is -0.149.